The number of hydrogen-bond donors (Lipinski definition) is 2. The van der Waals surface area contributed by atoms with Gasteiger partial charge in [0.15, 0.2) is 5.25 Å². The van der Waals surface area contributed by atoms with Crippen molar-refractivity contribution < 1.29 is 111 Å². The van der Waals surface area contributed by atoms with Crippen LogP contribution in [-0.2, 0) is 43.8 Å². The molecular formula is C32H66Na2O11S2. The van der Waals surface area contributed by atoms with Gasteiger partial charge in [-0.25, -0.2) is 4.18 Å². The Morgan fingerprint density at radius 1 is 0.532 bits per heavy atom. The van der Waals surface area contributed by atoms with Crippen molar-refractivity contribution in [3.05, 3.63) is 0 Å². The molecule has 2 N–H and O–H groups in total. The van der Waals surface area contributed by atoms with Crippen LogP contribution in [0.25, 0.3) is 0 Å². The van der Waals surface area contributed by atoms with Crippen molar-refractivity contribution in [1.29, 1.82) is 0 Å². The fourth-order valence-electron chi connectivity index (χ4n) is 4.49. The van der Waals surface area contributed by atoms with Gasteiger partial charge in [-0.15, -0.1) is 0 Å². The van der Waals surface area contributed by atoms with Crippen molar-refractivity contribution in [3.63, 3.8) is 0 Å². The Morgan fingerprint density at radius 2 is 0.851 bits per heavy atom. The molecule has 0 aliphatic carbocycles. The average Bonchev–Trinajstić information content (AvgIpc) is 2.97. The normalized spacial score (nSPS) is 11.8. The molecular weight excluding hydrogens is 670 g/mol. The maximum absolute atomic E-state index is 12.0. The summed E-state index contributed by atoms with van der Waals surface area (Å²) in [6, 6.07) is 0. The summed E-state index contributed by atoms with van der Waals surface area (Å²) >= 11 is 0. The number of esters is 2. The van der Waals surface area contributed by atoms with E-state index in [1.165, 1.54) is 51.4 Å². The molecule has 15 heteroatoms. The van der Waals surface area contributed by atoms with Crippen molar-refractivity contribution in [3.8, 4) is 0 Å². The molecule has 47 heavy (non-hydrogen) atoms. The maximum atomic E-state index is 12.0. The van der Waals surface area contributed by atoms with Crippen LogP contribution >= 0.6 is 0 Å². The van der Waals surface area contributed by atoms with E-state index in [2.05, 4.69) is 25.0 Å². The Bertz CT molecular complexity index is 930. The molecule has 0 spiro atoms. The van der Waals surface area contributed by atoms with Gasteiger partial charge >= 0.3 is 81.5 Å². The molecule has 0 amide bonds. The predicted octanol–water partition coefficient (Wildman–Crippen LogP) is 2.40. The van der Waals surface area contributed by atoms with E-state index in [-0.39, 0.29) is 81.8 Å². The van der Waals surface area contributed by atoms with Crippen LogP contribution in [0.5, 0.6) is 0 Å². The van der Waals surface area contributed by atoms with Crippen LogP contribution in [0, 0.1) is 0 Å². The summed E-state index contributed by atoms with van der Waals surface area (Å²) in [5.41, 5.74) is 0. The van der Waals surface area contributed by atoms with E-state index in [0.29, 0.717) is 19.3 Å². The summed E-state index contributed by atoms with van der Waals surface area (Å²) in [7, 11) is -8.97. The minimum atomic E-state index is -4.73. The van der Waals surface area contributed by atoms with Crippen molar-refractivity contribution in [2.75, 3.05) is 19.8 Å². The van der Waals surface area contributed by atoms with Crippen LogP contribution in [0.3, 0.4) is 0 Å². The van der Waals surface area contributed by atoms with E-state index >= 15 is 0 Å². The third-order valence-corrected chi connectivity index (χ3v) is 8.75. The fraction of sp³-hybridized carbons (Fsp3) is 0.938. The van der Waals surface area contributed by atoms with Gasteiger partial charge in [-0.1, -0.05) is 143 Å². The first kappa shape index (κ1) is 54.5. The molecule has 0 aliphatic heterocycles. The number of rotatable bonds is 30. The molecule has 1 atom stereocenters. The van der Waals surface area contributed by atoms with Crippen LogP contribution in [0.1, 0.15) is 171 Å². The SMILES string of the molecule is CCCCCCCCCCCCOS(=O)(=O)O.CCCCCCCCOC(=O)CC(C(=O)OCCCCCCCC)S(=O)(=O)O.[H-].[H-].[Na+].[Na+]. The van der Waals surface area contributed by atoms with E-state index in [1.807, 2.05) is 0 Å². The zero-order valence-corrected chi connectivity index (χ0v) is 36.0. The minimum Gasteiger partial charge on any atom is -1.00 e. The topological polar surface area (TPSA) is 171 Å². The zero-order chi connectivity index (χ0) is 34.2. The van der Waals surface area contributed by atoms with E-state index in [9.17, 15) is 31.0 Å². The van der Waals surface area contributed by atoms with Crippen molar-refractivity contribution in [2.45, 2.75) is 174 Å². The van der Waals surface area contributed by atoms with Crippen LogP contribution in [0.4, 0.5) is 0 Å². The van der Waals surface area contributed by atoms with Gasteiger partial charge in [0.1, 0.15) is 0 Å². The van der Waals surface area contributed by atoms with Crippen LogP contribution in [-0.4, -0.2) is 63.0 Å². The molecule has 11 nitrogen and oxygen atoms in total. The number of carbonyl (C=O) groups is 2. The van der Waals surface area contributed by atoms with Gasteiger partial charge in [0.25, 0.3) is 10.1 Å². The summed E-state index contributed by atoms with van der Waals surface area (Å²) in [5, 5.41) is -1.93. The quantitative estimate of drug-likeness (QED) is 0.0481. The van der Waals surface area contributed by atoms with Crippen LogP contribution in [0.15, 0.2) is 0 Å². The molecule has 0 aliphatic rings. The molecule has 0 bridgehead atoms. The van der Waals surface area contributed by atoms with Gasteiger partial charge in [0.2, 0.25) is 0 Å². The van der Waals surface area contributed by atoms with Crippen molar-refractivity contribution >= 4 is 32.5 Å². The number of ether oxygens (including phenoxy) is 2. The molecule has 0 radical (unpaired) electrons. The van der Waals surface area contributed by atoms with Crippen molar-refractivity contribution in [2.24, 2.45) is 0 Å². The smallest absolute Gasteiger partial charge is 1.00 e. The number of hydrogen-bond acceptors (Lipinski definition) is 9. The molecule has 0 saturated heterocycles. The average molecular weight is 737 g/mol. The molecule has 0 aromatic heterocycles. The molecule has 0 saturated carbocycles. The minimum absolute atomic E-state index is 0. The Labute approximate surface area is 334 Å². The Kier molecular flexibility index (Phi) is 44.0. The van der Waals surface area contributed by atoms with E-state index in [0.717, 1.165) is 70.6 Å². The number of unbranched alkanes of at least 4 members (excludes halogenated alkanes) is 19. The third-order valence-electron chi connectivity index (χ3n) is 7.21. The third kappa shape index (κ3) is 42.8. The molecule has 0 rings (SSSR count). The van der Waals surface area contributed by atoms with E-state index < -0.39 is 44.1 Å². The number of carbonyl (C=O) groups excluding carboxylic acids is 2. The van der Waals surface area contributed by atoms with Gasteiger partial charge in [0.05, 0.1) is 26.2 Å². The van der Waals surface area contributed by atoms with Gasteiger partial charge in [0, 0.05) is 0 Å². The van der Waals surface area contributed by atoms with Gasteiger partial charge in [-0.2, -0.15) is 16.8 Å². The zero-order valence-electron chi connectivity index (χ0n) is 32.3. The Balaban J connectivity index is -0.000000192. The molecule has 0 heterocycles. The molecule has 1 unspecified atom stereocenters. The van der Waals surface area contributed by atoms with Crippen molar-refractivity contribution in [1.82, 2.24) is 0 Å². The molecule has 274 valence electrons. The first-order valence-corrected chi connectivity index (χ1v) is 20.2. The first-order chi connectivity index (χ1) is 21.4. The Morgan fingerprint density at radius 3 is 1.19 bits per heavy atom. The van der Waals surface area contributed by atoms with Gasteiger partial charge in [-0.3, -0.25) is 18.7 Å². The predicted molar refractivity (Wildman–Crippen MR) is 180 cm³/mol. The largest absolute Gasteiger partial charge is 1.00 e. The summed E-state index contributed by atoms with van der Waals surface area (Å²) in [6.45, 7) is 6.81. The van der Waals surface area contributed by atoms with E-state index in [1.54, 1.807) is 0 Å². The molecule has 0 fully saturated rings. The second-order valence-corrected chi connectivity index (χ2v) is 14.3. The first-order valence-electron chi connectivity index (χ1n) is 17.3. The maximum Gasteiger partial charge on any atom is 1.00 e. The van der Waals surface area contributed by atoms with Gasteiger partial charge < -0.3 is 12.3 Å². The summed E-state index contributed by atoms with van der Waals surface area (Å²) < 4.78 is 75.0. The standard InChI is InChI=1S/C20H38O7S.C12H26O4S.2Na.2H/c1-3-5-7-9-11-13-15-26-19(21)17-18(28(23,24)25)20(22)27-16-14-12-10-8-6-4-2;1-2-3-4-5-6-7-8-9-10-11-12-16-17(13,14)15;;;;/h18H,3-17H2,1-2H3,(H,23,24,25);2-12H2,1H3,(H,13,14,15);;;;/q;;2*+1;2*-1. The molecule has 0 aromatic rings. The van der Waals surface area contributed by atoms with Crippen LogP contribution in [0.2, 0.25) is 0 Å². The summed E-state index contributed by atoms with van der Waals surface area (Å²) in [4.78, 5) is 23.8. The molecule has 0 aromatic carbocycles. The second kappa shape index (κ2) is 38.0. The Hall–Kier alpha value is 0.720. The summed E-state index contributed by atoms with van der Waals surface area (Å²) in [5.74, 6) is -1.93. The van der Waals surface area contributed by atoms with E-state index in [4.69, 9.17) is 14.0 Å². The fourth-order valence-corrected chi connectivity index (χ4v) is 5.48. The monoisotopic (exact) mass is 736 g/mol. The van der Waals surface area contributed by atoms with Gasteiger partial charge in [-0.05, 0) is 19.3 Å². The summed E-state index contributed by atoms with van der Waals surface area (Å²) in [6.07, 6.45) is 23.2. The second-order valence-electron chi connectivity index (χ2n) is 11.6. The van der Waals surface area contributed by atoms with Crippen LogP contribution < -0.4 is 59.1 Å².